The van der Waals surface area contributed by atoms with Crippen LogP contribution in [0.25, 0.3) is 0 Å². The van der Waals surface area contributed by atoms with E-state index >= 15 is 0 Å². The van der Waals surface area contributed by atoms with E-state index in [4.69, 9.17) is 23.2 Å². The van der Waals surface area contributed by atoms with Crippen LogP contribution in [0.3, 0.4) is 0 Å². The molecule has 0 spiro atoms. The number of benzene rings is 1. The van der Waals surface area contributed by atoms with E-state index < -0.39 is 0 Å². The molecule has 0 unspecified atom stereocenters. The van der Waals surface area contributed by atoms with Gasteiger partial charge in [-0.25, -0.2) is 9.97 Å². The first-order chi connectivity index (χ1) is 9.08. The Kier molecular flexibility index (Phi) is 4.91. The van der Waals surface area contributed by atoms with E-state index in [-0.39, 0.29) is 0 Å². The molecule has 3 nitrogen and oxygen atoms in total. The van der Waals surface area contributed by atoms with Gasteiger partial charge in [0.25, 0.3) is 0 Å². The van der Waals surface area contributed by atoms with E-state index in [1.807, 2.05) is 42.5 Å². The van der Waals surface area contributed by atoms with Gasteiger partial charge in [0.05, 0.1) is 0 Å². The van der Waals surface area contributed by atoms with Crippen LogP contribution >= 0.6 is 35.0 Å². The molecule has 0 fully saturated rings. The smallest absolute Gasteiger partial charge is 0.190 e. The molecule has 2 aromatic rings. The van der Waals surface area contributed by atoms with Crippen LogP contribution in [0, 0.1) is 0 Å². The van der Waals surface area contributed by atoms with E-state index in [0.717, 1.165) is 16.4 Å². The molecule has 19 heavy (non-hydrogen) atoms. The quantitative estimate of drug-likeness (QED) is 0.482. The molecule has 1 aromatic heterocycles. The van der Waals surface area contributed by atoms with Gasteiger partial charge < -0.3 is 4.90 Å². The van der Waals surface area contributed by atoms with Gasteiger partial charge in [0, 0.05) is 24.7 Å². The van der Waals surface area contributed by atoms with Crippen molar-refractivity contribution in [2.75, 3.05) is 18.2 Å². The van der Waals surface area contributed by atoms with Crippen LogP contribution in [0.2, 0.25) is 10.2 Å². The number of aromatic nitrogens is 2. The Labute approximate surface area is 127 Å². The zero-order valence-corrected chi connectivity index (χ0v) is 12.9. The van der Waals surface area contributed by atoms with Crippen molar-refractivity contribution in [2.45, 2.75) is 11.7 Å². The van der Waals surface area contributed by atoms with Gasteiger partial charge in [0.1, 0.15) is 11.0 Å². The van der Waals surface area contributed by atoms with Crippen LogP contribution in [0.15, 0.2) is 35.5 Å². The zero-order valence-electron chi connectivity index (χ0n) is 10.6. The number of hydrogen-bond donors (Lipinski definition) is 0. The summed E-state index contributed by atoms with van der Waals surface area (Å²) in [5.74, 6) is 0.796. The predicted molar refractivity (Wildman–Crippen MR) is 82.4 cm³/mol. The lowest BCUT2D eigenvalue weighted by molar-refractivity contribution is 0.857. The Balaban J connectivity index is 2.20. The average Bonchev–Trinajstić information content (AvgIpc) is 2.38. The number of rotatable bonds is 4. The molecule has 6 heteroatoms. The monoisotopic (exact) mass is 313 g/mol. The molecule has 0 radical (unpaired) electrons. The van der Waals surface area contributed by atoms with Gasteiger partial charge >= 0.3 is 0 Å². The number of thioether (sulfide) groups is 1. The second kappa shape index (κ2) is 6.46. The molecule has 0 saturated carbocycles. The summed E-state index contributed by atoms with van der Waals surface area (Å²) in [7, 11) is 1.96. The fourth-order valence-corrected chi connectivity index (χ4v) is 2.48. The summed E-state index contributed by atoms with van der Waals surface area (Å²) in [6.07, 6.45) is 1.92. The van der Waals surface area contributed by atoms with Crippen molar-refractivity contribution in [2.24, 2.45) is 0 Å². The van der Waals surface area contributed by atoms with Gasteiger partial charge in [0.2, 0.25) is 0 Å². The van der Waals surface area contributed by atoms with E-state index in [1.165, 1.54) is 11.8 Å². The lowest BCUT2D eigenvalue weighted by atomic mass is 10.2. The molecule has 0 saturated heterocycles. The Morgan fingerprint density at radius 1 is 1.21 bits per heavy atom. The van der Waals surface area contributed by atoms with Crippen LogP contribution < -0.4 is 4.90 Å². The van der Waals surface area contributed by atoms with Crippen molar-refractivity contribution in [3.63, 3.8) is 0 Å². The highest BCUT2D eigenvalue weighted by molar-refractivity contribution is 7.98. The highest BCUT2D eigenvalue weighted by Crippen LogP contribution is 2.21. The molecule has 0 aliphatic rings. The second-order valence-corrected chi connectivity index (χ2v) is 5.62. The highest BCUT2D eigenvalue weighted by atomic mass is 35.5. The summed E-state index contributed by atoms with van der Waals surface area (Å²) in [5.41, 5.74) is 1.12. The van der Waals surface area contributed by atoms with Gasteiger partial charge in [-0.3, -0.25) is 0 Å². The largest absolute Gasteiger partial charge is 0.355 e. The van der Waals surface area contributed by atoms with Crippen LogP contribution in [-0.2, 0) is 6.54 Å². The zero-order chi connectivity index (χ0) is 13.8. The number of nitrogens with zero attached hydrogens (tertiary/aromatic N) is 3. The Bertz CT molecular complexity index is 578. The SMILES string of the molecule is CSc1nc(Cl)cc(N(C)Cc2cccc(Cl)c2)n1. The topological polar surface area (TPSA) is 29.0 Å². The van der Waals surface area contributed by atoms with Crippen LogP contribution in [0.4, 0.5) is 5.82 Å². The highest BCUT2D eigenvalue weighted by Gasteiger charge is 2.08. The van der Waals surface area contributed by atoms with Crippen molar-refractivity contribution >= 4 is 40.8 Å². The first kappa shape index (κ1) is 14.4. The van der Waals surface area contributed by atoms with E-state index in [0.29, 0.717) is 16.9 Å². The van der Waals surface area contributed by atoms with Crippen LogP contribution in [0.1, 0.15) is 5.56 Å². The minimum atomic E-state index is 0.451. The fraction of sp³-hybridized carbons (Fsp3) is 0.231. The fourth-order valence-electron chi connectivity index (χ4n) is 1.66. The summed E-state index contributed by atoms with van der Waals surface area (Å²) in [5, 5.41) is 1.85. The molecule has 0 N–H and O–H groups in total. The van der Waals surface area contributed by atoms with Gasteiger partial charge in [0.15, 0.2) is 5.16 Å². The maximum Gasteiger partial charge on any atom is 0.190 e. The first-order valence-electron chi connectivity index (χ1n) is 5.62. The minimum absolute atomic E-state index is 0.451. The third-order valence-electron chi connectivity index (χ3n) is 2.54. The van der Waals surface area contributed by atoms with Crippen molar-refractivity contribution in [3.05, 3.63) is 46.1 Å². The molecule has 0 bridgehead atoms. The normalized spacial score (nSPS) is 10.5. The summed E-state index contributed by atoms with van der Waals surface area (Å²) in [4.78, 5) is 10.6. The first-order valence-corrected chi connectivity index (χ1v) is 7.60. The van der Waals surface area contributed by atoms with Crippen molar-refractivity contribution in [1.29, 1.82) is 0 Å². The second-order valence-electron chi connectivity index (χ2n) is 4.02. The standard InChI is InChI=1S/C13H13Cl2N3S/c1-18(8-9-4-3-5-10(14)6-9)12-7-11(15)16-13(17-12)19-2/h3-7H,8H2,1-2H3. The molecular weight excluding hydrogens is 301 g/mol. The van der Waals surface area contributed by atoms with Gasteiger partial charge in [-0.1, -0.05) is 47.1 Å². The van der Waals surface area contributed by atoms with Gasteiger partial charge in [-0.2, -0.15) is 0 Å². The average molecular weight is 314 g/mol. The summed E-state index contributed by atoms with van der Waals surface area (Å²) < 4.78 is 0. The van der Waals surface area contributed by atoms with Crippen molar-refractivity contribution < 1.29 is 0 Å². The maximum atomic E-state index is 5.99. The summed E-state index contributed by atoms with van der Waals surface area (Å²) in [6, 6.07) is 9.52. The third-order valence-corrected chi connectivity index (χ3v) is 3.52. The molecule has 2 rings (SSSR count). The molecule has 0 atom stereocenters. The summed E-state index contributed by atoms with van der Waals surface area (Å²) >= 11 is 13.4. The molecule has 0 amide bonds. The predicted octanol–water partition coefficient (Wildman–Crippen LogP) is 4.14. The lowest BCUT2D eigenvalue weighted by Gasteiger charge is -2.18. The molecule has 0 aliphatic carbocycles. The van der Waals surface area contributed by atoms with Crippen LogP contribution in [0.5, 0.6) is 0 Å². The molecule has 100 valence electrons. The molecule has 0 aliphatic heterocycles. The third kappa shape index (κ3) is 4.00. The Morgan fingerprint density at radius 3 is 2.68 bits per heavy atom. The Hall–Kier alpha value is -0.970. The number of halogens is 2. The van der Waals surface area contributed by atoms with E-state index in [9.17, 15) is 0 Å². The van der Waals surface area contributed by atoms with Crippen molar-refractivity contribution in [1.82, 2.24) is 9.97 Å². The number of anilines is 1. The number of hydrogen-bond acceptors (Lipinski definition) is 4. The maximum absolute atomic E-state index is 5.99. The molecular formula is C13H13Cl2N3S. The lowest BCUT2D eigenvalue weighted by Crippen LogP contribution is -2.18. The molecule has 1 aromatic carbocycles. The molecule has 1 heterocycles. The van der Waals surface area contributed by atoms with E-state index in [2.05, 4.69) is 9.97 Å². The van der Waals surface area contributed by atoms with Crippen molar-refractivity contribution in [3.8, 4) is 0 Å². The van der Waals surface area contributed by atoms with Crippen LogP contribution in [-0.4, -0.2) is 23.3 Å². The van der Waals surface area contributed by atoms with Gasteiger partial charge in [-0.05, 0) is 24.0 Å². The van der Waals surface area contributed by atoms with Gasteiger partial charge in [-0.15, -0.1) is 0 Å². The van der Waals surface area contributed by atoms with E-state index in [1.54, 1.807) is 6.07 Å². The Morgan fingerprint density at radius 2 is 2.00 bits per heavy atom. The summed E-state index contributed by atoms with van der Waals surface area (Å²) in [6.45, 7) is 0.710. The minimum Gasteiger partial charge on any atom is -0.355 e.